The van der Waals surface area contributed by atoms with Gasteiger partial charge in [0.15, 0.2) is 5.78 Å². The Labute approximate surface area is 220 Å². The summed E-state index contributed by atoms with van der Waals surface area (Å²) in [6.45, 7) is 0. The monoisotopic (exact) mass is 499 g/mol. The van der Waals surface area contributed by atoms with Crippen LogP contribution in [0.2, 0.25) is 0 Å². The summed E-state index contributed by atoms with van der Waals surface area (Å²) in [5, 5.41) is 11.2. The topological polar surface area (TPSA) is 84.1 Å². The molecule has 0 fully saturated rings. The number of aromatic nitrogens is 2. The van der Waals surface area contributed by atoms with Crippen molar-refractivity contribution in [3.8, 4) is 5.75 Å². The molecule has 0 saturated heterocycles. The Kier molecular flexibility index (Phi) is 7.23. The molecule has 4 aromatic carbocycles. The van der Waals surface area contributed by atoms with Crippen molar-refractivity contribution in [2.75, 3.05) is 12.4 Å². The lowest BCUT2D eigenvalue weighted by atomic mass is 10.0. The first-order valence-electron chi connectivity index (χ1n) is 12.1. The molecular weight excluding hydrogens is 474 g/mol. The molecule has 1 aromatic heterocycles. The van der Waals surface area contributed by atoms with Crippen LogP contribution in [0, 0.1) is 0 Å². The van der Waals surface area contributed by atoms with Crippen LogP contribution in [0.4, 0.5) is 5.69 Å². The van der Waals surface area contributed by atoms with Gasteiger partial charge in [-0.2, -0.15) is 5.10 Å². The normalized spacial score (nSPS) is 11.3. The molecule has 0 bridgehead atoms. The van der Waals surface area contributed by atoms with E-state index in [0.29, 0.717) is 22.6 Å². The van der Waals surface area contributed by atoms with Gasteiger partial charge in [0.2, 0.25) is 5.91 Å². The second-order valence-corrected chi connectivity index (χ2v) is 8.59. The largest absolute Gasteiger partial charge is 0.496 e. The van der Waals surface area contributed by atoms with E-state index >= 15 is 0 Å². The molecule has 0 aliphatic carbocycles. The maximum absolute atomic E-state index is 13.2. The van der Waals surface area contributed by atoms with Crippen molar-refractivity contribution >= 4 is 46.5 Å². The Morgan fingerprint density at radius 2 is 1.61 bits per heavy atom. The molecule has 0 atom stereocenters. The lowest BCUT2D eigenvalue weighted by Crippen LogP contribution is -2.09. The number of hydrogen-bond donors (Lipinski definition) is 2. The number of H-pyrrole nitrogens is 1. The minimum absolute atomic E-state index is 0.149. The number of rotatable bonds is 8. The summed E-state index contributed by atoms with van der Waals surface area (Å²) in [6.07, 6.45) is 7.07. The van der Waals surface area contributed by atoms with Gasteiger partial charge in [0.25, 0.3) is 0 Å². The SMILES string of the molecule is COc1ccccc1/C=C/C(=O)Nc1cccc(C(=O)c2ccc3c(/C=C/c4ccccc4)n[nH]c3c2)c1. The van der Waals surface area contributed by atoms with E-state index in [0.717, 1.165) is 27.7 Å². The summed E-state index contributed by atoms with van der Waals surface area (Å²) in [5.74, 6) is 0.219. The zero-order chi connectivity index (χ0) is 26.3. The second-order valence-electron chi connectivity index (χ2n) is 8.59. The lowest BCUT2D eigenvalue weighted by molar-refractivity contribution is -0.111. The molecule has 1 heterocycles. The molecule has 1 amide bonds. The molecule has 0 saturated carbocycles. The highest BCUT2D eigenvalue weighted by molar-refractivity contribution is 6.11. The molecule has 6 heteroatoms. The Morgan fingerprint density at radius 1 is 0.816 bits per heavy atom. The first-order chi connectivity index (χ1) is 18.6. The molecule has 0 unspecified atom stereocenters. The molecule has 6 nitrogen and oxygen atoms in total. The van der Waals surface area contributed by atoms with Crippen LogP contribution in [0.15, 0.2) is 103 Å². The molecule has 5 rings (SSSR count). The van der Waals surface area contributed by atoms with Gasteiger partial charge in [-0.05, 0) is 48.0 Å². The second kappa shape index (κ2) is 11.2. The number of benzene rings is 4. The predicted molar refractivity (Wildman–Crippen MR) is 152 cm³/mol. The highest BCUT2D eigenvalue weighted by Gasteiger charge is 2.13. The average Bonchev–Trinajstić information content (AvgIpc) is 3.37. The van der Waals surface area contributed by atoms with Crippen LogP contribution >= 0.6 is 0 Å². The van der Waals surface area contributed by atoms with Crippen molar-refractivity contribution in [1.82, 2.24) is 10.2 Å². The van der Waals surface area contributed by atoms with Crippen LogP contribution < -0.4 is 10.1 Å². The molecular formula is C32H25N3O3. The highest BCUT2D eigenvalue weighted by atomic mass is 16.5. The van der Waals surface area contributed by atoms with Gasteiger partial charge >= 0.3 is 0 Å². The molecule has 0 aliphatic rings. The van der Waals surface area contributed by atoms with Crippen molar-refractivity contribution in [2.45, 2.75) is 0 Å². The fourth-order valence-corrected chi connectivity index (χ4v) is 4.11. The standard InChI is InChI=1S/C32H25N3O3/c1-38-30-13-6-5-10-23(30)16-19-31(36)33-26-12-7-11-24(20-26)32(37)25-15-17-27-28(34-35-29(27)21-25)18-14-22-8-3-2-4-9-22/h2-21H,1H3,(H,33,36)(H,34,35)/b18-14+,19-16+. The molecule has 0 radical (unpaired) electrons. The van der Waals surface area contributed by atoms with Gasteiger partial charge in [-0.15, -0.1) is 0 Å². The maximum Gasteiger partial charge on any atom is 0.248 e. The molecule has 0 aliphatic heterocycles. The number of amides is 1. The molecule has 5 aromatic rings. The number of methoxy groups -OCH3 is 1. The number of ketones is 1. The van der Waals surface area contributed by atoms with Crippen LogP contribution in [-0.4, -0.2) is 29.0 Å². The Morgan fingerprint density at radius 3 is 2.45 bits per heavy atom. The van der Waals surface area contributed by atoms with E-state index in [1.807, 2.05) is 72.8 Å². The van der Waals surface area contributed by atoms with Gasteiger partial charge in [0.1, 0.15) is 5.75 Å². The summed E-state index contributed by atoms with van der Waals surface area (Å²) in [6, 6.07) is 29.8. The zero-order valence-corrected chi connectivity index (χ0v) is 20.7. The van der Waals surface area contributed by atoms with Crippen molar-refractivity contribution in [3.05, 3.63) is 131 Å². The number of hydrogen-bond acceptors (Lipinski definition) is 4. The average molecular weight is 500 g/mol. The van der Waals surface area contributed by atoms with E-state index in [4.69, 9.17) is 4.74 Å². The summed E-state index contributed by atoms with van der Waals surface area (Å²) < 4.78 is 5.31. The number of nitrogens with zero attached hydrogens (tertiary/aromatic N) is 1. The van der Waals surface area contributed by atoms with E-state index in [1.54, 1.807) is 49.6 Å². The number of para-hydroxylation sites is 1. The number of anilines is 1. The van der Waals surface area contributed by atoms with Gasteiger partial charge < -0.3 is 10.1 Å². The van der Waals surface area contributed by atoms with Crippen molar-refractivity contribution in [2.24, 2.45) is 0 Å². The van der Waals surface area contributed by atoms with Crippen LogP contribution in [-0.2, 0) is 4.79 Å². The predicted octanol–water partition coefficient (Wildman–Crippen LogP) is 6.62. The Balaban J connectivity index is 1.30. The van der Waals surface area contributed by atoms with Gasteiger partial charge in [-0.3, -0.25) is 14.7 Å². The first kappa shape index (κ1) is 24.5. The van der Waals surface area contributed by atoms with Crippen LogP contribution in [0.3, 0.4) is 0 Å². The minimum Gasteiger partial charge on any atom is -0.496 e. The summed E-state index contributed by atoms with van der Waals surface area (Å²) in [5.41, 5.74) is 4.98. The smallest absolute Gasteiger partial charge is 0.248 e. The van der Waals surface area contributed by atoms with Crippen LogP contribution in [0.1, 0.15) is 32.7 Å². The molecule has 38 heavy (non-hydrogen) atoms. The fourth-order valence-electron chi connectivity index (χ4n) is 4.11. The van der Waals surface area contributed by atoms with Crippen LogP contribution in [0.5, 0.6) is 5.75 Å². The summed E-state index contributed by atoms with van der Waals surface area (Å²) in [4.78, 5) is 25.7. The molecule has 186 valence electrons. The number of carbonyl (C=O) groups is 2. The third-order valence-electron chi connectivity index (χ3n) is 6.03. The molecule has 2 N–H and O–H groups in total. The van der Waals surface area contributed by atoms with Crippen LogP contribution in [0.25, 0.3) is 29.1 Å². The third-order valence-corrected chi connectivity index (χ3v) is 6.03. The van der Waals surface area contributed by atoms with Gasteiger partial charge in [0.05, 0.1) is 18.3 Å². The van der Waals surface area contributed by atoms with E-state index in [9.17, 15) is 9.59 Å². The first-order valence-corrected chi connectivity index (χ1v) is 12.1. The fraction of sp³-hybridized carbons (Fsp3) is 0.0312. The number of aromatic amines is 1. The number of carbonyl (C=O) groups excluding carboxylic acids is 2. The highest BCUT2D eigenvalue weighted by Crippen LogP contribution is 2.23. The Hall–Kier alpha value is -5.23. The van der Waals surface area contributed by atoms with E-state index in [-0.39, 0.29) is 11.7 Å². The van der Waals surface area contributed by atoms with Gasteiger partial charge in [0, 0.05) is 33.8 Å². The number of ether oxygens (including phenoxy) is 1. The van der Waals surface area contributed by atoms with E-state index < -0.39 is 0 Å². The quantitative estimate of drug-likeness (QED) is 0.186. The van der Waals surface area contributed by atoms with Gasteiger partial charge in [-0.25, -0.2) is 0 Å². The summed E-state index contributed by atoms with van der Waals surface area (Å²) >= 11 is 0. The third kappa shape index (κ3) is 5.60. The van der Waals surface area contributed by atoms with E-state index in [2.05, 4.69) is 15.5 Å². The minimum atomic E-state index is -0.310. The molecule has 0 spiro atoms. The van der Waals surface area contributed by atoms with Crippen molar-refractivity contribution in [3.63, 3.8) is 0 Å². The summed E-state index contributed by atoms with van der Waals surface area (Å²) in [7, 11) is 1.58. The maximum atomic E-state index is 13.2. The van der Waals surface area contributed by atoms with Crippen molar-refractivity contribution < 1.29 is 14.3 Å². The van der Waals surface area contributed by atoms with Gasteiger partial charge in [-0.1, -0.05) is 72.8 Å². The number of nitrogens with one attached hydrogen (secondary N) is 2. The lowest BCUT2D eigenvalue weighted by Gasteiger charge is -2.06. The Bertz CT molecular complexity index is 1670. The van der Waals surface area contributed by atoms with E-state index in [1.165, 1.54) is 6.08 Å². The zero-order valence-electron chi connectivity index (χ0n) is 20.7. The van der Waals surface area contributed by atoms with Crippen molar-refractivity contribution in [1.29, 1.82) is 0 Å². The number of fused-ring (bicyclic) bond motifs is 1.